The molecule has 1 saturated carbocycles. The van der Waals surface area contributed by atoms with Crippen molar-refractivity contribution >= 4 is 5.95 Å². The van der Waals surface area contributed by atoms with Gasteiger partial charge in [0.15, 0.2) is 0 Å². The minimum atomic E-state index is -0.128. The number of hydrogen-bond donors (Lipinski definition) is 2. The van der Waals surface area contributed by atoms with E-state index in [4.69, 9.17) is 0 Å². The van der Waals surface area contributed by atoms with Gasteiger partial charge in [0, 0.05) is 6.04 Å². The molecular formula is C11H18N4O. The molecule has 1 fully saturated rings. The molecule has 0 unspecified atom stereocenters. The van der Waals surface area contributed by atoms with Crippen molar-refractivity contribution in [2.24, 2.45) is 0 Å². The molecule has 0 bridgehead atoms. The number of aliphatic hydroxyl groups is 1. The van der Waals surface area contributed by atoms with Gasteiger partial charge in [0.1, 0.15) is 0 Å². The van der Waals surface area contributed by atoms with Crippen molar-refractivity contribution in [3.63, 3.8) is 0 Å². The van der Waals surface area contributed by atoms with Crippen LogP contribution in [0.4, 0.5) is 5.95 Å². The number of hydrogen-bond acceptors (Lipinski definition) is 5. The molecule has 0 aromatic carbocycles. The Morgan fingerprint density at radius 2 is 1.75 bits per heavy atom. The molecule has 2 rings (SSSR count). The number of rotatable bonds is 2. The Morgan fingerprint density at radius 1 is 1.06 bits per heavy atom. The SMILES string of the molecule is Cc1nnc(NC2CCC(O)CC2)nc1C. The highest BCUT2D eigenvalue weighted by Crippen LogP contribution is 2.20. The molecule has 16 heavy (non-hydrogen) atoms. The maximum atomic E-state index is 9.40. The molecule has 5 heteroatoms. The van der Waals surface area contributed by atoms with Gasteiger partial charge in [-0.2, -0.15) is 5.10 Å². The zero-order chi connectivity index (χ0) is 11.5. The Morgan fingerprint density at radius 3 is 2.38 bits per heavy atom. The summed E-state index contributed by atoms with van der Waals surface area (Å²) in [6.45, 7) is 3.83. The summed E-state index contributed by atoms with van der Waals surface area (Å²) in [6.07, 6.45) is 3.53. The van der Waals surface area contributed by atoms with Crippen molar-refractivity contribution in [1.82, 2.24) is 15.2 Å². The third-order valence-electron chi connectivity index (χ3n) is 3.12. The maximum Gasteiger partial charge on any atom is 0.243 e. The number of nitrogens with zero attached hydrogens (tertiary/aromatic N) is 3. The Bertz CT molecular complexity index is 361. The van der Waals surface area contributed by atoms with Gasteiger partial charge in [-0.25, -0.2) is 4.98 Å². The van der Waals surface area contributed by atoms with Crippen molar-refractivity contribution in [2.45, 2.75) is 51.7 Å². The molecule has 1 heterocycles. The summed E-state index contributed by atoms with van der Waals surface area (Å²) >= 11 is 0. The van der Waals surface area contributed by atoms with Crippen LogP contribution in [0.5, 0.6) is 0 Å². The lowest BCUT2D eigenvalue weighted by atomic mass is 9.93. The van der Waals surface area contributed by atoms with Crippen LogP contribution < -0.4 is 5.32 Å². The molecule has 0 spiro atoms. The van der Waals surface area contributed by atoms with Gasteiger partial charge in [0.25, 0.3) is 0 Å². The molecular weight excluding hydrogens is 204 g/mol. The molecule has 88 valence electrons. The minimum absolute atomic E-state index is 0.128. The Hall–Kier alpha value is -1.23. The van der Waals surface area contributed by atoms with Crippen LogP contribution in [-0.2, 0) is 0 Å². The fourth-order valence-electron chi connectivity index (χ4n) is 1.92. The normalized spacial score (nSPS) is 25.4. The third kappa shape index (κ3) is 2.66. The zero-order valence-corrected chi connectivity index (χ0v) is 9.77. The molecule has 5 nitrogen and oxygen atoms in total. The Kier molecular flexibility index (Phi) is 3.33. The molecule has 0 amide bonds. The largest absolute Gasteiger partial charge is 0.393 e. The molecule has 1 aromatic heterocycles. The Labute approximate surface area is 95.3 Å². The lowest BCUT2D eigenvalue weighted by Gasteiger charge is -2.25. The highest BCUT2D eigenvalue weighted by Gasteiger charge is 2.19. The number of aromatic nitrogens is 3. The zero-order valence-electron chi connectivity index (χ0n) is 9.77. The van der Waals surface area contributed by atoms with Gasteiger partial charge >= 0.3 is 0 Å². The number of nitrogens with one attached hydrogen (secondary N) is 1. The summed E-state index contributed by atoms with van der Waals surface area (Å²) < 4.78 is 0. The van der Waals surface area contributed by atoms with Gasteiger partial charge < -0.3 is 10.4 Å². The van der Waals surface area contributed by atoms with Crippen LogP contribution in [0.15, 0.2) is 0 Å². The van der Waals surface area contributed by atoms with Crippen molar-refractivity contribution in [1.29, 1.82) is 0 Å². The molecule has 0 atom stereocenters. The van der Waals surface area contributed by atoms with Crippen LogP contribution in [0.2, 0.25) is 0 Å². The second kappa shape index (κ2) is 4.74. The summed E-state index contributed by atoms with van der Waals surface area (Å²) in [7, 11) is 0. The average molecular weight is 222 g/mol. The van der Waals surface area contributed by atoms with E-state index in [0.29, 0.717) is 12.0 Å². The fraction of sp³-hybridized carbons (Fsp3) is 0.727. The first-order chi connectivity index (χ1) is 7.65. The smallest absolute Gasteiger partial charge is 0.243 e. The number of aliphatic hydroxyl groups excluding tert-OH is 1. The van der Waals surface area contributed by atoms with E-state index in [9.17, 15) is 5.11 Å². The molecule has 0 saturated heterocycles. The van der Waals surface area contributed by atoms with Gasteiger partial charge in [-0.15, -0.1) is 5.10 Å². The van der Waals surface area contributed by atoms with Gasteiger partial charge in [-0.1, -0.05) is 0 Å². The minimum Gasteiger partial charge on any atom is -0.393 e. The van der Waals surface area contributed by atoms with Crippen LogP contribution in [0.3, 0.4) is 0 Å². The summed E-state index contributed by atoms with van der Waals surface area (Å²) in [6, 6.07) is 0.368. The molecule has 0 aliphatic heterocycles. The standard InChI is InChI=1S/C11H18N4O/c1-7-8(2)14-15-11(12-7)13-9-3-5-10(16)6-4-9/h9-10,16H,3-6H2,1-2H3,(H,12,13,15). The van der Waals surface area contributed by atoms with Crippen LogP contribution in [0, 0.1) is 13.8 Å². The third-order valence-corrected chi connectivity index (χ3v) is 3.12. The van der Waals surface area contributed by atoms with Crippen LogP contribution in [0.1, 0.15) is 37.1 Å². The summed E-state index contributed by atoms with van der Waals surface area (Å²) in [4.78, 5) is 4.34. The second-order valence-electron chi connectivity index (χ2n) is 4.46. The molecule has 0 radical (unpaired) electrons. The number of anilines is 1. The monoisotopic (exact) mass is 222 g/mol. The van der Waals surface area contributed by atoms with E-state index >= 15 is 0 Å². The first kappa shape index (κ1) is 11.3. The van der Waals surface area contributed by atoms with Crippen LogP contribution >= 0.6 is 0 Å². The van der Waals surface area contributed by atoms with Gasteiger partial charge in [-0.3, -0.25) is 0 Å². The first-order valence-electron chi connectivity index (χ1n) is 5.77. The van der Waals surface area contributed by atoms with E-state index < -0.39 is 0 Å². The lowest BCUT2D eigenvalue weighted by molar-refractivity contribution is 0.126. The fourth-order valence-corrected chi connectivity index (χ4v) is 1.92. The van der Waals surface area contributed by atoms with Crippen molar-refractivity contribution in [2.75, 3.05) is 5.32 Å². The summed E-state index contributed by atoms with van der Waals surface area (Å²) in [5.41, 5.74) is 1.78. The predicted molar refractivity (Wildman–Crippen MR) is 61.2 cm³/mol. The molecule has 1 aliphatic rings. The summed E-state index contributed by atoms with van der Waals surface area (Å²) in [5.74, 6) is 0.601. The first-order valence-corrected chi connectivity index (χ1v) is 5.77. The van der Waals surface area contributed by atoms with Crippen LogP contribution in [-0.4, -0.2) is 32.4 Å². The van der Waals surface area contributed by atoms with Crippen LogP contribution in [0.25, 0.3) is 0 Å². The second-order valence-corrected chi connectivity index (χ2v) is 4.46. The highest BCUT2D eigenvalue weighted by molar-refractivity contribution is 5.26. The van der Waals surface area contributed by atoms with E-state index in [-0.39, 0.29) is 6.10 Å². The van der Waals surface area contributed by atoms with Crippen molar-refractivity contribution < 1.29 is 5.11 Å². The average Bonchev–Trinajstić information content (AvgIpc) is 2.27. The van der Waals surface area contributed by atoms with Gasteiger partial charge in [0.05, 0.1) is 17.5 Å². The topological polar surface area (TPSA) is 70.9 Å². The summed E-state index contributed by atoms with van der Waals surface area (Å²) in [5, 5.41) is 20.7. The predicted octanol–water partition coefficient (Wildman–Crippen LogP) is 1.20. The molecule has 2 N–H and O–H groups in total. The maximum absolute atomic E-state index is 9.40. The van der Waals surface area contributed by atoms with E-state index in [0.717, 1.165) is 37.1 Å². The Balaban J connectivity index is 1.96. The molecule has 1 aromatic rings. The van der Waals surface area contributed by atoms with E-state index in [1.807, 2.05) is 13.8 Å². The van der Waals surface area contributed by atoms with Crippen molar-refractivity contribution in [3.05, 3.63) is 11.4 Å². The van der Waals surface area contributed by atoms with E-state index in [2.05, 4.69) is 20.5 Å². The van der Waals surface area contributed by atoms with Crippen molar-refractivity contribution in [3.8, 4) is 0 Å². The lowest BCUT2D eigenvalue weighted by Crippen LogP contribution is -2.29. The van der Waals surface area contributed by atoms with E-state index in [1.54, 1.807) is 0 Å². The quantitative estimate of drug-likeness (QED) is 0.787. The van der Waals surface area contributed by atoms with E-state index in [1.165, 1.54) is 0 Å². The molecule has 1 aliphatic carbocycles. The highest BCUT2D eigenvalue weighted by atomic mass is 16.3. The number of aryl methyl sites for hydroxylation is 2. The van der Waals surface area contributed by atoms with Gasteiger partial charge in [0.2, 0.25) is 5.95 Å². The van der Waals surface area contributed by atoms with Gasteiger partial charge in [-0.05, 0) is 39.5 Å².